The highest BCUT2D eigenvalue weighted by Gasteiger charge is 2.15. The third-order valence-corrected chi connectivity index (χ3v) is 5.21. The fourth-order valence-electron chi connectivity index (χ4n) is 2.49. The van der Waals surface area contributed by atoms with Gasteiger partial charge in [-0.25, -0.2) is 13.1 Å². The van der Waals surface area contributed by atoms with Gasteiger partial charge in [0.25, 0.3) is 0 Å². The molecule has 0 unspecified atom stereocenters. The molecule has 0 atom stereocenters. The van der Waals surface area contributed by atoms with Gasteiger partial charge < -0.3 is 0 Å². The smallest absolute Gasteiger partial charge is 0.211 e. The predicted octanol–water partition coefficient (Wildman–Crippen LogP) is 3.04. The maximum atomic E-state index is 12.2. The van der Waals surface area contributed by atoms with Gasteiger partial charge in [0.2, 0.25) is 10.0 Å². The van der Waals surface area contributed by atoms with E-state index in [2.05, 4.69) is 10.8 Å². The summed E-state index contributed by atoms with van der Waals surface area (Å²) in [6.07, 6.45) is 7.62. The minimum atomic E-state index is -3.50. The Kier molecular flexibility index (Phi) is 5.16. The van der Waals surface area contributed by atoms with Crippen LogP contribution in [0, 0.1) is 18.3 Å². The molecule has 1 aliphatic rings. The molecule has 0 radical (unpaired) electrons. The van der Waals surface area contributed by atoms with Crippen LogP contribution in [0.3, 0.4) is 0 Å². The van der Waals surface area contributed by atoms with Crippen molar-refractivity contribution in [2.24, 2.45) is 0 Å². The molecule has 1 aromatic carbocycles. The van der Waals surface area contributed by atoms with E-state index in [1.807, 2.05) is 6.07 Å². The monoisotopic (exact) mass is 304 g/mol. The van der Waals surface area contributed by atoms with Crippen LogP contribution in [0.4, 0.5) is 0 Å². The second-order valence-electron chi connectivity index (χ2n) is 5.34. The van der Waals surface area contributed by atoms with Crippen LogP contribution in [0.2, 0.25) is 0 Å². The molecular weight excluding hydrogens is 284 g/mol. The summed E-state index contributed by atoms with van der Waals surface area (Å²) in [5.41, 5.74) is 2.52. The van der Waals surface area contributed by atoms with E-state index in [1.165, 1.54) is 24.5 Å². The van der Waals surface area contributed by atoms with Crippen molar-refractivity contribution in [1.82, 2.24) is 4.72 Å². The Hall–Kier alpha value is -1.64. The Morgan fingerprint density at radius 1 is 1.33 bits per heavy atom. The molecule has 0 aliphatic heterocycles. The SMILES string of the molecule is Cc1cc(S(=O)(=O)NCCC2=CCCCC2)ccc1C#N. The molecular formula is C16H20N2O2S. The number of benzene rings is 1. The highest BCUT2D eigenvalue weighted by molar-refractivity contribution is 7.89. The molecule has 0 aromatic heterocycles. The molecule has 0 fully saturated rings. The van der Waals surface area contributed by atoms with E-state index in [-0.39, 0.29) is 4.90 Å². The summed E-state index contributed by atoms with van der Waals surface area (Å²) in [7, 11) is -3.50. The number of hydrogen-bond acceptors (Lipinski definition) is 3. The molecule has 0 amide bonds. The van der Waals surface area contributed by atoms with Crippen LogP contribution in [0.15, 0.2) is 34.7 Å². The summed E-state index contributed by atoms with van der Waals surface area (Å²) in [6.45, 7) is 2.16. The van der Waals surface area contributed by atoms with E-state index in [0.29, 0.717) is 17.7 Å². The molecule has 1 aromatic rings. The molecule has 1 aliphatic carbocycles. The molecule has 0 bridgehead atoms. The van der Waals surface area contributed by atoms with E-state index < -0.39 is 10.0 Å². The summed E-state index contributed by atoms with van der Waals surface area (Å²) in [6, 6.07) is 6.61. The van der Waals surface area contributed by atoms with E-state index in [9.17, 15) is 8.42 Å². The van der Waals surface area contributed by atoms with Crippen LogP contribution in [-0.2, 0) is 10.0 Å². The first kappa shape index (κ1) is 15.7. The van der Waals surface area contributed by atoms with Gasteiger partial charge >= 0.3 is 0 Å². The van der Waals surface area contributed by atoms with Crippen molar-refractivity contribution in [2.75, 3.05) is 6.54 Å². The van der Waals surface area contributed by atoms with Crippen LogP contribution in [-0.4, -0.2) is 15.0 Å². The van der Waals surface area contributed by atoms with Gasteiger partial charge in [-0.1, -0.05) is 11.6 Å². The zero-order chi connectivity index (χ0) is 15.3. The summed E-state index contributed by atoms with van der Waals surface area (Å²) < 4.78 is 27.1. The average Bonchev–Trinajstić information content (AvgIpc) is 2.48. The lowest BCUT2D eigenvalue weighted by Gasteiger charge is -2.13. The van der Waals surface area contributed by atoms with E-state index >= 15 is 0 Å². The van der Waals surface area contributed by atoms with Gasteiger partial charge in [0.15, 0.2) is 0 Å². The topological polar surface area (TPSA) is 70.0 Å². The number of nitrogens with zero attached hydrogens (tertiary/aromatic N) is 1. The van der Waals surface area contributed by atoms with Gasteiger partial charge in [-0.2, -0.15) is 5.26 Å². The second kappa shape index (κ2) is 6.88. The first-order valence-electron chi connectivity index (χ1n) is 7.21. The molecule has 0 spiro atoms. The van der Waals surface area contributed by atoms with Crippen molar-refractivity contribution in [3.63, 3.8) is 0 Å². The lowest BCUT2D eigenvalue weighted by Crippen LogP contribution is -2.25. The van der Waals surface area contributed by atoms with Gasteiger partial charge in [-0.3, -0.25) is 0 Å². The van der Waals surface area contributed by atoms with Gasteiger partial charge in [-0.05, 0) is 62.8 Å². The lowest BCUT2D eigenvalue weighted by molar-refractivity contribution is 0.579. The third kappa shape index (κ3) is 4.16. The van der Waals surface area contributed by atoms with E-state index in [4.69, 9.17) is 5.26 Å². The fourth-order valence-corrected chi connectivity index (χ4v) is 3.61. The van der Waals surface area contributed by atoms with E-state index in [1.54, 1.807) is 19.1 Å². The summed E-state index contributed by atoms with van der Waals surface area (Å²) in [5, 5.41) is 8.88. The van der Waals surface area contributed by atoms with Gasteiger partial charge in [-0.15, -0.1) is 0 Å². The van der Waals surface area contributed by atoms with Gasteiger partial charge in [0.1, 0.15) is 0 Å². The number of rotatable bonds is 5. The van der Waals surface area contributed by atoms with Crippen LogP contribution in [0.25, 0.3) is 0 Å². The lowest BCUT2D eigenvalue weighted by atomic mass is 9.97. The minimum absolute atomic E-state index is 0.219. The Morgan fingerprint density at radius 3 is 2.76 bits per heavy atom. The van der Waals surface area contributed by atoms with Crippen molar-refractivity contribution in [1.29, 1.82) is 5.26 Å². The Bertz CT molecular complexity index is 685. The summed E-state index contributed by atoms with van der Waals surface area (Å²) in [5.74, 6) is 0. The number of hydrogen-bond donors (Lipinski definition) is 1. The molecule has 0 heterocycles. The molecule has 1 N–H and O–H groups in total. The maximum absolute atomic E-state index is 12.2. The van der Waals surface area contributed by atoms with Crippen molar-refractivity contribution >= 4 is 10.0 Å². The fraction of sp³-hybridized carbons (Fsp3) is 0.438. The third-order valence-electron chi connectivity index (χ3n) is 3.75. The Balaban J connectivity index is 2.00. The molecule has 112 valence electrons. The standard InChI is InChI=1S/C16H20N2O2S/c1-13-11-16(8-7-15(13)12-17)21(19,20)18-10-9-14-5-3-2-4-6-14/h5,7-8,11,18H,2-4,6,9-10H2,1H3. The molecule has 5 heteroatoms. The zero-order valence-electron chi connectivity index (χ0n) is 12.2. The van der Waals surface area contributed by atoms with Gasteiger partial charge in [0.05, 0.1) is 16.5 Å². The molecule has 4 nitrogen and oxygen atoms in total. The van der Waals surface area contributed by atoms with Crippen molar-refractivity contribution < 1.29 is 8.42 Å². The quantitative estimate of drug-likeness (QED) is 0.850. The first-order valence-corrected chi connectivity index (χ1v) is 8.69. The number of aryl methyl sites for hydroxylation is 1. The molecule has 0 saturated heterocycles. The second-order valence-corrected chi connectivity index (χ2v) is 7.11. The molecule has 2 rings (SSSR count). The first-order chi connectivity index (χ1) is 10.0. The van der Waals surface area contributed by atoms with Crippen LogP contribution in [0.5, 0.6) is 0 Å². The molecule has 21 heavy (non-hydrogen) atoms. The van der Waals surface area contributed by atoms with Crippen molar-refractivity contribution in [2.45, 2.75) is 43.9 Å². The predicted molar refractivity (Wildman–Crippen MR) is 82.3 cm³/mol. The number of allylic oxidation sites excluding steroid dienone is 1. The molecule has 0 saturated carbocycles. The Labute approximate surface area is 126 Å². The summed E-state index contributed by atoms with van der Waals surface area (Å²) >= 11 is 0. The normalized spacial score (nSPS) is 15.3. The largest absolute Gasteiger partial charge is 0.240 e. The maximum Gasteiger partial charge on any atom is 0.240 e. The minimum Gasteiger partial charge on any atom is -0.211 e. The number of nitriles is 1. The van der Waals surface area contributed by atoms with Crippen LogP contribution >= 0.6 is 0 Å². The highest BCUT2D eigenvalue weighted by Crippen LogP contribution is 2.20. The van der Waals surface area contributed by atoms with Crippen molar-refractivity contribution in [3.05, 3.63) is 41.0 Å². The van der Waals surface area contributed by atoms with E-state index in [0.717, 1.165) is 19.3 Å². The summed E-state index contributed by atoms with van der Waals surface area (Å²) in [4.78, 5) is 0.219. The Morgan fingerprint density at radius 2 is 2.14 bits per heavy atom. The van der Waals surface area contributed by atoms with Crippen molar-refractivity contribution in [3.8, 4) is 6.07 Å². The highest BCUT2D eigenvalue weighted by atomic mass is 32.2. The number of nitrogens with one attached hydrogen (secondary N) is 1. The zero-order valence-corrected chi connectivity index (χ0v) is 13.0. The number of sulfonamides is 1. The average molecular weight is 304 g/mol. The van der Waals surface area contributed by atoms with Crippen LogP contribution in [0.1, 0.15) is 43.2 Å². The van der Waals surface area contributed by atoms with Gasteiger partial charge in [0, 0.05) is 6.54 Å². The van der Waals surface area contributed by atoms with Crippen LogP contribution < -0.4 is 4.72 Å².